The van der Waals surface area contributed by atoms with Crippen molar-refractivity contribution in [1.29, 1.82) is 0 Å². The number of aromatic nitrogens is 1. The second kappa shape index (κ2) is 7.29. The Balaban J connectivity index is 1.86. The number of fused-ring (bicyclic) bond motifs is 1. The minimum Gasteiger partial charge on any atom is -0.358 e. The highest BCUT2D eigenvalue weighted by Gasteiger charge is 2.15. The van der Waals surface area contributed by atoms with Crippen molar-refractivity contribution in [3.8, 4) is 0 Å². The van der Waals surface area contributed by atoms with Crippen molar-refractivity contribution in [2.24, 2.45) is 0 Å². The Kier molecular flexibility index (Phi) is 5.08. The molecular formula is C19H17BrFN3O2. The van der Waals surface area contributed by atoms with Crippen molar-refractivity contribution in [3.05, 3.63) is 57.9 Å². The number of hydrogen-bond acceptors (Lipinski definition) is 2. The van der Waals surface area contributed by atoms with Crippen LogP contribution in [0.1, 0.15) is 18.2 Å². The molecule has 0 spiro atoms. The van der Waals surface area contributed by atoms with E-state index in [-0.39, 0.29) is 24.1 Å². The van der Waals surface area contributed by atoms with E-state index in [1.165, 1.54) is 19.1 Å². The Morgan fingerprint density at radius 1 is 1.12 bits per heavy atom. The Morgan fingerprint density at radius 2 is 1.88 bits per heavy atom. The van der Waals surface area contributed by atoms with E-state index >= 15 is 0 Å². The highest BCUT2D eigenvalue weighted by molar-refractivity contribution is 9.10. The van der Waals surface area contributed by atoms with Gasteiger partial charge in [0.2, 0.25) is 11.8 Å². The van der Waals surface area contributed by atoms with Gasteiger partial charge in [0, 0.05) is 28.0 Å². The van der Waals surface area contributed by atoms with Crippen LogP contribution in [-0.2, 0) is 16.0 Å². The molecule has 1 aromatic heterocycles. The number of rotatable bonds is 4. The normalized spacial score (nSPS) is 10.8. The molecular weight excluding hydrogens is 401 g/mol. The first-order valence-electron chi connectivity index (χ1n) is 7.97. The molecule has 0 aliphatic carbocycles. The van der Waals surface area contributed by atoms with E-state index in [0.717, 1.165) is 21.2 Å². The molecule has 0 aliphatic heterocycles. The summed E-state index contributed by atoms with van der Waals surface area (Å²) in [5.41, 5.74) is 3.34. The summed E-state index contributed by atoms with van der Waals surface area (Å²) in [6, 6.07) is 9.64. The largest absolute Gasteiger partial charge is 0.358 e. The quantitative estimate of drug-likeness (QED) is 0.583. The predicted molar refractivity (Wildman–Crippen MR) is 104 cm³/mol. The van der Waals surface area contributed by atoms with Crippen molar-refractivity contribution >= 4 is 50.0 Å². The zero-order chi connectivity index (χ0) is 18.8. The Hall–Kier alpha value is -2.67. The van der Waals surface area contributed by atoms with Crippen molar-refractivity contribution in [2.45, 2.75) is 20.3 Å². The van der Waals surface area contributed by atoms with Crippen LogP contribution in [0.25, 0.3) is 10.9 Å². The molecule has 5 nitrogen and oxygen atoms in total. The number of anilines is 2. The summed E-state index contributed by atoms with van der Waals surface area (Å²) in [6.07, 6.45) is 0.0846. The number of aromatic amines is 1. The second-order valence-electron chi connectivity index (χ2n) is 6.01. The van der Waals surface area contributed by atoms with Gasteiger partial charge in [0.05, 0.1) is 17.8 Å². The van der Waals surface area contributed by atoms with Gasteiger partial charge < -0.3 is 15.6 Å². The van der Waals surface area contributed by atoms with Gasteiger partial charge in [-0.2, -0.15) is 0 Å². The van der Waals surface area contributed by atoms with Gasteiger partial charge in [-0.15, -0.1) is 0 Å². The zero-order valence-electron chi connectivity index (χ0n) is 14.2. The van der Waals surface area contributed by atoms with Gasteiger partial charge in [-0.3, -0.25) is 9.59 Å². The second-order valence-corrected chi connectivity index (χ2v) is 6.93. The summed E-state index contributed by atoms with van der Waals surface area (Å²) in [6.45, 7) is 3.25. The number of benzene rings is 2. The third kappa shape index (κ3) is 3.94. The lowest BCUT2D eigenvalue weighted by Gasteiger charge is -2.12. The summed E-state index contributed by atoms with van der Waals surface area (Å²) in [5, 5.41) is 6.18. The lowest BCUT2D eigenvalue weighted by molar-refractivity contribution is -0.116. The summed E-state index contributed by atoms with van der Waals surface area (Å²) < 4.78 is 14.3. The maximum Gasteiger partial charge on any atom is 0.228 e. The van der Waals surface area contributed by atoms with Crippen LogP contribution in [0.4, 0.5) is 15.8 Å². The number of H-pyrrole nitrogens is 1. The molecule has 0 saturated carbocycles. The Bertz CT molecular complexity index is 1010. The first-order chi connectivity index (χ1) is 12.3. The lowest BCUT2D eigenvalue weighted by Crippen LogP contribution is -2.17. The first-order valence-corrected chi connectivity index (χ1v) is 8.76. The maximum absolute atomic E-state index is 13.6. The van der Waals surface area contributed by atoms with Gasteiger partial charge in [0.15, 0.2) is 0 Å². The van der Waals surface area contributed by atoms with E-state index in [2.05, 4.69) is 31.5 Å². The Morgan fingerprint density at radius 3 is 2.62 bits per heavy atom. The summed E-state index contributed by atoms with van der Waals surface area (Å²) >= 11 is 3.35. The molecule has 3 N–H and O–H groups in total. The van der Waals surface area contributed by atoms with Crippen LogP contribution in [0.2, 0.25) is 0 Å². The van der Waals surface area contributed by atoms with Crippen LogP contribution in [-0.4, -0.2) is 16.8 Å². The molecule has 0 aliphatic rings. The van der Waals surface area contributed by atoms with Crippen LogP contribution in [0.3, 0.4) is 0 Å². The maximum atomic E-state index is 13.6. The third-order valence-electron chi connectivity index (χ3n) is 3.99. The number of nitrogens with one attached hydrogen (secondary N) is 3. The molecule has 0 unspecified atom stereocenters. The first kappa shape index (κ1) is 18.1. The average Bonchev–Trinajstić information content (AvgIpc) is 2.85. The molecule has 0 atom stereocenters. The molecule has 0 radical (unpaired) electrons. The molecule has 2 amide bonds. The zero-order valence-corrected chi connectivity index (χ0v) is 15.8. The lowest BCUT2D eigenvalue weighted by atomic mass is 10.1. The standard InChI is InChI=1S/C19H17BrFN3O2/c1-10-14(15-8-13(21)4-6-16(15)22-10)9-19(26)24-18-7-12(20)3-5-17(18)23-11(2)25/h3-8,22H,9H2,1-2H3,(H,23,25)(H,24,26). The molecule has 134 valence electrons. The number of amides is 2. The molecule has 7 heteroatoms. The minimum atomic E-state index is -0.349. The number of hydrogen-bond donors (Lipinski definition) is 3. The number of carbonyl (C=O) groups excluding carboxylic acids is 2. The fourth-order valence-electron chi connectivity index (χ4n) is 2.86. The predicted octanol–water partition coefficient (Wildman–Crippen LogP) is 4.52. The molecule has 0 fully saturated rings. The number of carbonyl (C=O) groups is 2. The van der Waals surface area contributed by atoms with Gasteiger partial charge >= 0.3 is 0 Å². The van der Waals surface area contributed by atoms with Crippen LogP contribution in [0, 0.1) is 12.7 Å². The molecule has 1 heterocycles. The summed E-state index contributed by atoms with van der Waals surface area (Å²) in [5.74, 6) is -0.841. The van der Waals surface area contributed by atoms with E-state index in [0.29, 0.717) is 16.8 Å². The van der Waals surface area contributed by atoms with Gasteiger partial charge in [0.1, 0.15) is 5.82 Å². The minimum absolute atomic E-state index is 0.0846. The number of halogens is 2. The highest BCUT2D eigenvalue weighted by Crippen LogP contribution is 2.28. The van der Waals surface area contributed by atoms with Crippen LogP contribution in [0.5, 0.6) is 0 Å². The highest BCUT2D eigenvalue weighted by atomic mass is 79.9. The van der Waals surface area contributed by atoms with Crippen molar-refractivity contribution in [3.63, 3.8) is 0 Å². The molecule has 3 aromatic rings. The summed E-state index contributed by atoms with van der Waals surface area (Å²) in [7, 11) is 0. The van der Waals surface area contributed by atoms with Gasteiger partial charge in [-0.05, 0) is 48.9 Å². The van der Waals surface area contributed by atoms with E-state index < -0.39 is 0 Å². The van der Waals surface area contributed by atoms with Crippen molar-refractivity contribution < 1.29 is 14.0 Å². The topological polar surface area (TPSA) is 74.0 Å². The monoisotopic (exact) mass is 417 g/mol. The fourth-order valence-corrected chi connectivity index (χ4v) is 3.22. The Labute approximate surface area is 158 Å². The molecule has 0 saturated heterocycles. The molecule has 3 rings (SSSR count). The van der Waals surface area contributed by atoms with Crippen molar-refractivity contribution in [1.82, 2.24) is 4.98 Å². The van der Waals surface area contributed by atoms with E-state index in [9.17, 15) is 14.0 Å². The van der Waals surface area contributed by atoms with Gasteiger partial charge in [0.25, 0.3) is 0 Å². The fraction of sp³-hybridized carbons (Fsp3) is 0.158. The third-order valence-corrected chi connectivity index (χ3v) is 4.48. The van der Waals surface area contributed by atoms with Crippen molar-refractivity contribution in [2.75, 3.05) is 10.6 Å². The SMILES string of the molecule is CC(=O)Nc1ccc(Br)cc1NC(=O)Cc1c(C)[nH]c2ccc(F)cc12. The number of aryl methyl sites for hydroxylation is 1. The summed E-state index contributed by atoms with van der Waals surface area (Å²) in [4.78, 5) is 27.1. The van der Waals surface area contributed by atoms with Crippen LogP contribution in [0.15, 0.2) is 40.9 Å². The van der Waals surface area contributed by atoms with Gasteiger partial charge in [-0.1, -0.05) is 15.9 Å². The van der Waals surface area contributed by atoms with E-state index in [1.54, 1.807) is 24.3 Å². The van der Waals surface area contributed by atoms with Crippen LogP contribution >= 0.6 is 15.9 Å². The average molecular weight is 418 g/mol. The van der Waals surface area contributed by atoms with Crippen LogP contribution < -0.4 is 10.6 Å². The molecule has 0 bridgehead atoms. The molecule has 2 aromatic carbocycles. The van der Waals surface area contributed by atoms with Gasteiger partial charge in [-0.25, -0.2) is 4.39 Å². The van der Waals surface area contributed by atoms with E-state index in [4.69, 9.17) is 0 Å². The smallest absolute Gasteiger partial charge is 0.228 e. The van der Waals surface area contributed by atoms with E-state index in [1.807, 2.05) is 6.92 Å². The molecule has 26 heavy (non-hydrogen) atoms.